The van der Waals surface area contributed by atoms with Crippen LogP contribution in [0.2, 0.25) is 0 Å². The normalized spacial score (nSPS) is 54.6. The van der Waals surface area contributed by atoms with Crippen LogP contribution in [0.15, 0.2) is 12.2 Å². The van der Waals surface area contributed by atoms with Crippen LogP contribution in [0.1, 0.15) is 65.2 Å². The number of rotatable bonds is 0. The van der Waals surface area contributed by atoms with Crippen LogP contribution in [0, 0.1) is 34.5 Å². The van der Waals surface area contributed by atoms with E-state index in [0.29, 0.717) is 34.9 Å². The van der Waals surface area contributed by atoms with Gasteiger partial charge in [0.1, 0.15) is 5.78 Å². The van der Waals surface area contributed by atoms with Crippen molar-refractivity contribution in [1.82, 2.24) is 0 Å². The molecule has 4 aliphatic carbocycles. The van der Waals surface area contributed by atoms with Crippen LogP contribution in [0.5, 0.6) is 0 Å². The summed E-state index contributed by atoms with van der Waals surface area (Å²) in [4.78, 5) is 12.5. The molecule has 4 saturated carbocycles. The molecule has 0 saturated heterocycles. The molecule has 22 heavy (non-hydrogen) atoms. The molecule has 4 fully saturated rings. The summed E-state index contributed by atoms with van der Waals surface area (Å²) in [5.41, 5.74) is 1.55. The summed E-state index contributed by atoms with van der Waals surface area (Å²) in [7, 11) is 0. The van der Waals surface area contributed by atoms with Crippen molar-refractivity contribution in [3.05, 3.63) is 12.2 Å². The third-order valence-corrected chi connectivity index (χ3v) is 8.18. The molecule has 2 heteroatoms. The Bertz CT molecular complexity index is 524. The van der Waals surface area contributed by atoms with Crippen molar-refractivity contribution in [3.8, 4) is 0 Å². The van der Waals surface area contributed by atoms with Crippen molar-refractivity contribution in [3.63, 3.8) is 0 Å². The fourth-order valence-electron chi connectivity index (χ4n) is 7.10. The maximum absolute atomic E-state index is 12.5. The van der Waals surface area contributed by atoms with Crippen LogP contribution in [0.4, 0.5) is 0 Å². The topological polar surface area (TPSA) is 37.3 Å². The molecule has 2 nitrogen and oxygen atoms in total. The summed E-state index contributed by atoms with van der Waals surface area (Å²) in [5.74, 6) is 2.97. The minimum atomic E-state index is -0.115. The first kappa shape index (κ1) is 14.9. The molecular weight excluding hydrogens is 272 g/mol. The quantitative estimate of drug-likeness (QED) is 0.683. The average Bonchev–Trinajstić information content (AvgIpc) is 2.75. The Balaban J connectivity index is 1.71. The van der Waals surface area contributed by atoms with Gasteiger partial charge < -0.3 is 5.11 Å². The van der Waals surface area contributed by atoms with Gasteiger partial charge in [0, 0.05) is 11.8 Å². The van der Waals surface area contributed by atoms with E-state index in [9.17, 15) is 9.90 Å². The second kappa shape index (κ2) is 4.69. The van der Waals surface area contributed by atoms with Gasteiger partial charge in [0.25, 0.3) is 0 Å². The van der Waals surface area contributed by atoms with E-state index >= 15 is 0 Å². The lowest BCUT2D eigenvalue weighted by Crippen LogP contribution is -2.54. The molecule has 0 heterocycles. The van der Waals surface area contributed by atoms with Crippen molar-refractivity contribution in [2.75, 3.05) is 0 Å². The molecule has 4 aliphatic rings. The van der Waals surface area contributed by atoms with Gasteiger partial charge in [-0.15, -0.1) is 0 Å². The molecule has 0 radical (unpaired) electrons. The maximum atomic E-state index is 12.5. The molecule has 0 aromatic heterocycles. The van der Waals surface area contributed by atoms with E-state index in [0.717, 1.165) is 38.5 Å². The predicted octanol–water partition coefficient (Wildman–Crippen LogP) is 4.13. The Morgan fingerprint density at radius 1 is 1.18 bits per heavy atom. The molecule has 1 N–H and O–H groups in total. The van der Waals surface area contributed by atoms with E-state index < -0.39 is 0 Å². The molecule has 4 rings (SSSR count). The zero-order valence-corrected chi connectivity index (χ0v) is 14.1. The van der Waals surface area contributed by atoms with E-state index in [4.69, 9.17) is 0 Å². The molecular formula is C20H30O2. The Morgan fingerprint density at radius 3 is 2.73 bits per heavy atom. The summed E-state index contributed by atoms with van der Waals surface area (Å²) in [6.07, 6.45) is 8.26. The lowest BCUT2D eigenvalue weighted by molar-refractivity contribution is -0.134. The number of carbonyl (C=O) groups is 1. The van der Waals surface area contributed by atoms with Crippen LogP contribution in [-0.2, 0) is 4.79 Å². The Kier molecular flexibility index (Phi) is 3.18. The first-order valence-corrected chi connectivity index (χ1v) is 9.25. The molecule has 7 atom stereocenters. The SMILES string of the molecule is C=C1C[C@]2(C)C(=O)CC[C@H]2[C@@H]2CC[C@H]3C[C@@H](O)CC[C@]3(C)[C@@H]12. The molecule has 0 amide bonds. The molecule has 0 aliphatic heterocycles. The van der Waals surface area contributed by atoms with E-state index in [1.807, 2.05) is 0 Å². The predicted molar refractivity (Wildman–Crippen MR) is 87.3 cm³/mol. The van der Waals surface area contributed by atoms with Crippen molar-refractivity contribution >= 4 is 5.78 Å². The molecule has 0 aromatic rings. The zero-order chi connectivity index (χ0) is 15.7. The number of allylic oxidation sites excluding steroid dienone is 1. The van der Waals surface area contributed by atoms with Gasteiger partial charge in [-0.2, -0.15) is 0 Å². The van der Waals surface area contributed by atoms with Crippen LogP contribution < -0.4 is 0 Å². The summed E-state index contributed by atoms with van der Waals surface area (Å²) in [6.45, 7) is 9.16. The highest BCUT2D eigenvalue weighted by Gasteiger charge is 2.61. The Hall–Kier alpha value is -0.630. The number of ketones is 1. The van der Waals surface area contributed by atoms with Crippen LogP contribution in [0.25, 0.3) is 0 Å². The molecule has 122 valence electrons. The van der Waals surface area contributed by atoms with Gasteiger partial charge in [-0.05, 0) is 74.0 Å². The second-order valence-corrected chi connectivity index (χ2v) is 9.17. The largest absolute Gasteiger partial charge is 0.393 e. The number of hydrogen-bond acceptors (Lipinski definition) is 2. The molecule has 0 unspecified atom stereocenters. The first-order valence-electron chi connectivity index (χ1n) is 9.25. The third kappa shape index (κ3) is 1.79. The van der Waals surface area contributed by atoms with Crippen LogP contribution >= 0.6 is 0 Å². The highest BCUT2D eigenvalue weighted by atomic mass is 16.3. The fraction of sp³-hybridized carbons (Fsp3) is 0.850. The fourth-order valence-corrected chi connectivity index (χ4v) is 7.10. The summed E-state index contributed by atoms with van der Waals surface area (Å²) in [5, 5.41) is 10.1. The van der Waals surface area contributed by atoms with Crippen LogP contribution in [-0.4, -0.2) is 17.0 Å². The van der Waals surface area contributed by atoms with Crippen molar-refractivity contribution < 1.29 is 9.90 Å². The van der Waals surface area contributed by atoms with Gasteiger partial charge >= 0.3 is 0 Å². The number of Topliss-reactive ketones (excluding diaryl/α,β-unsaturated/α-hetero) is 1. The first-order chi connectivity index (χ1) is 10.4. The Morgan fingerprint density at radius 2 is 1.95 bits per heavy atom. The van der Waals surface area contributed by atoms with Crippen molar-refractivity contribution in [2.24, 2.45) is 34.5 Å². The number of aliphatic hydroxyl groups is 1. The van der Waals surface area contributed by atoms with E-state index in [2.05, 4.69) is 20.4 Å². The van der Waals surface area contributed by atoms with Gasteiger partial charge in [-0.1, -0.05) is 26.0 Å². The van der Waals surface area contributed by atoms with Crippen molar-refractivity contribution in [1.29, 1.82) is 0 Å². The highest BCUT2D eigenvalue weighted by molar-refractivity contribution is 5.87. The van der Waals surface area contributed by atoms with E-state index in [1.54, 1.807) is 0 Å². The number of aliphatic hydroxyl groups excluding tert-OH is 1. The van der Waals surface area contributed by atoms with Crippen molar-refractivity contribution in [2.45, 2.75) is 71.3 Å². The standard InChI is InChI=1S/C20H30O2/c1-12-11-20(3)16(6-7-17(20)22)15-5-4-13-10-14(21)8-9-19(13,2)18(12)15/h13-16,18,21H,1,4-11H2,2-3H3/t13-,14-,15-,16-,18-,19-,20-/m0/s1. The summed E-state index contributed by atoms with van der Waals surface area (Å²) < 4.78 is 0. The molecule has 0 aromatic carbocycles. The maximum Gasteiger partial charge on any atom is 0.139 e. The lowest BCUT2D eigenvalue weighted by atomic mass is 9.44. The number of hydrogen-bond donors (Lipinski definition) is 1. The third-order valence-electron chi connectivity index (χ3n) is 8.18. The molecule has 0 bridgehead atoms. The van der Waals surface area contributed by atoms with Gasteiger partial charge in [0.15, 0.2) is 0 Å². The van der Waals surface area contributed by atoms with Gasteiger partial charge in [0.05, 0.1) is 6.10 Å². The minimum absolute atomic E-state index is 0.0928. The summed E-state index contributed by atoms with van der Waals surface area (Å²) in [6, 6.07) is 0. The zero-order valence-electron chi connectivity index (χ0n) is 14.1. The minimum Gasteiger partial charge on any atom is -0.393 e. The van der Waals surface area contributed by atoms with E-state index in [-0.39, 0.29) is 11.5 Å². The smallest absolute Gasteiger partial charge is 0.139 e. The van der Waals surface area contributed by atoms with Crippen LogP contribution in [0.3, 0.4) is 0 Å². The number of carbonyl (C=O) groups excluding carboxylic acids is 1. The van der Waals surface area contributed by atoms with Gasteiger partial charge in [-0.3, -0.25) is 4.79 Å². The second-order valence-electron chi connectivity index (χ2n) is 9.17. The lowest BCUT2D eigenvalue weighted by Gasteiger charge is -2.60. The molecule has 0 spiro atoms. The van der Waals surface area contributed by atoms with Gasteiger partial charge in [0.2, 0.25) is 0 Å². The number of fused-ring (bicyclic) bond motifs is 5. The van der Waals surface area contributed by atoms with E-state index in [1.165, 1.54) is 18.4 Å². The summed E-state index contributed by atoms with van der Waals surface area (Å²) >= 11 is 0. The van der Waals surface area contributed by atoms with Gasteiger partial charge in [-0.25, -0.2) is 0 Å². The monoisotopic (exact) mass is 302 g/mol. The highest BCUT2D eigenvalue weighted by Crippen LogP contribution is 2.66. The average molecular weight is 302 g/mol. The Labute approximate surface area is 134 Å².